The van der Waals surface area contributed by atoms with E-state index in [4.69, 9.17) is 23.2 Å². The van der Waals surface area contributed by atoms with Crippen molar-refractivity contribution in [3.8, 4) is 0 Å². The largest absolute Gasteiger partial charge is 0.334 e. The molecule has 0 spiro atoms. The first kappa shape index (κ1) is 14.2. The molecule has 0 radical (unpaired) electrons. The zero-order valence-electron chi connectivity index (χ0n) is 9.83. The van der Waals surface area contributed by atoms with Crippen LogP contribution in [0.25, 0.3) is 0 Å². The highest BCUT2D eigenvalue weighted by molar-refractivity contribution is 9.10. The van der Waals surface area contributed by atoms with Crippen molar-refractivity contribution in [2.24, 2.45) is 0 Å². The molecule has 0 N–H and O–H groups in total. The maximum absolute atomic E-state index is 12.5. The summed E-state index contributed by atoms with van der Waals surface area (Å²) in [5, 5.41) is 0.488. The standard InChI is InChI=1S/C13H14BrCl2NO/c14-9-4-5-12(16)11(8-9)13(18)17(7-6-15)10-2-1-3-10/h4-5,8,10H,1-3,6-7H2. The van der Waals surface area contributed by atoms with E-state index in [2.05, 4.69) is 15.9 Å². The van der Waals surface area contributed by atoms with E-state index in [0.29, 0.717) is 29.1 Å². The minimum absolute atomic E-state index is 0.0216. The van der Waals surface area contributed by atoms with Crippen LogP contribution in [0.2, 0.25) is 5.02 Å². The average molecular weight is 351 g/mol. The molecule has 1 aliphatic carbocycles. The van der Waals surface area contributed by atoms with Crippen LogP contribution in [0.3, 0.4) is 0 Å². The van der Waals surface area contributed by atoms with E-state index in [1.165, 1.54) is 6.42 Å². The van der Waals surface area contributed by atoms with E-state index < -0.39 is 0 Å². The number of rotatable bonds is 4. The second-order valence-electron chi connectivity index (χ2n) is 4.40. The maximum Gasteiger partial charge on any atom is 0.255 e. The number of hydrogen-bond acceptors (Lipinski definition) is 1. The van der Waals surface area contributed by atoms with Gasteiger partial charge in [-0.25, -0.2) is 0 Å². The minimum Gasteiger partial charge on any atom is -0.334 e. The lowest BCUT2D eigenvalue weighted by atomic mass is 9.91. The van der Waals surface area contributed by atoms with Crippen LogP contribution in [0.4, 0.5) is 0 Å². The summed E-state index contributed by atoms with van der Waals surface area (Å²) in [5.74, 6) is 0.431. The summed E-state index contributed by atoms with van der Waals surface area (Å²) >= 11 is 15.3. The zero-order valence-corrected chi connectivity index (χ0v) is 12.9. The Labute approximate surface area is 125 Å². The monoisotopic (exact) mass is 349 g/mol. The van der Waals surface area contributed by atoms with Crippen LogP contribution < -0.4 is 0 Å². The molecule has 2 rings (SSSR count). The first-order valence-corrected chi connectivity index (χ1v) is 7.66. The van der Waals surface area contributed by atoms with E-state index in [-0.39, 0.29) is 5.91 Å². The molecule has 0 bridgehead atoms. The van der Waals surface area contributed by atoms with Gasteiger partial charge in [0.1, 0.15) is 0 Å². The van der Waals surface area contributed by atoms with Gasteiger partial charge in [-0.05, 0) is 37.5 Å². The lowest BCUT2D eigenvalue weighted by Crippen LogP contribution is -2.45. The van der Waals surface area contributed by atoms with Gasteiger partial charge in [0.25, 0.3) is 5.91 Å². The molecular weight excluding hydrogens is 337 g/mol. The molecule has 1 fully saturated rings. The smallest absolute Gasteiger partial charge is 0.255 e. The van der Waals surface area contributed by atoms with Crippen molar-refractivity contribution in [2.75, 3.05) is 12.4 Å². The summed E-state index contributed by atoms with van der Waals surface area (Å²) in [6.07, 6.45) is 3.31. The first-order chi connectivity index (χ1) is 8.63. The predicted molar refractivity (Wildman–Crippen MR) is 78.5 cm³/mol. The number of carbonyl (C=O) groups is 1. The molecule has 0 aliphatic heterocycles. The third-order valence-corrected chi connectivity index (χ3v) is 4.25. The van der Waals surface area contributed by atoms with Crippen molar-refractivity contribution in [2.45, 2.75) is 25.3 Å². The highest BCUT2D eigenvalue weighted by Gasteiger charge is 2.29. The van der Waals surface area contributed by atoms with Crippen molar-refractivity contribution >= 4 is 45.0 Å². The Hall–Kier alpha value is -0.250. The summed E-state index contributed by atoms with van der Waals surface area (Å²) < 4.78 is 0.856. The molecule has 1 amide bonds. The van der Waals surface area contributed by atoms with Crippen LogP contribution in [-0.4, -0.2) is 29.3 Å². The Kier molecular flexibility index (Phi) is 4.93. The molecule has 1 aliphatic rings. The van der Waals surface area contributed by atoms with E-state index in [0.717, 1.165) is 17.3 Å². The normalized spacial score (nSPS) is 15.3. The Morgan fingerprint density at radius 1 is 1.44 bits per heavy atom. The van der Waals surface area contributed by atoms with Gasteiger partial charge in [-0.1, -0.05) is 27.5 Å². The lowest BCUT2D eigenvalue weighted by molar-refractivity contribution is 0.0598. The molecule has 0 saturated heterocycles. The Morgan fingerprint density at radius 3 is 2.72 bits per heavy atom. The fourth-order valence-electron chi connectivity index (χ4n) is 2.06. The van der Waals surface area contributed by atoms with E-state index >= 15 is 0 Å². The molecule has 18 heavy (non-hydrogen) atoms. The van der Waals surface area contributed by atoms with Crippen LogP contribution in [0.1, 0.15) is 29.6 Å². The van der Waals surface area contributed by atoms with Gasteiger partial charge in [-0.3, -0.25) is 4.79 Å². The fourth-order valence-corrected chi connectivity index (χ4v) is 2.80. The topological polar surface area (TPSA) is 20.3 Å². The second kappa shape index (κ2) is 6.27. The number of halogens is 3. The van der Waals surface area contributed by atoms with Crippen molar-refractivity contribution in [1.82, 2.24) is 4.90 Å². The highest BCUT2D eigenvalue weighted by atomic mass is 79.9. The van der Waals surface area contributed by atoms with Crippen LogP contribution in [0, 0.1) is 0 Å². The quantitative estimate of drug-likeness (QED) is 0.740. The molecule has 0 unspecified atom stereocenters. The van der Waals surface area contributed by atoms with Crippen molar-refractivity contribution in [1.29, 1.82) is 0 Å². The molecule has 2 nitrogen and oxygen atoms in total. The summed E-state index contributed by atoms with van der Waals surface area (Å²) in [7, 11) is 0. The molecule has 98 valence electrons. The van der Waals surface area contributed by atoms with Crippen molar-refractivity contribution in [3.63, 3.8) is 0 Å². The number of nitrogens with zero attached hydrogens (tertiary/aromatic N) is 1. The SMILES string of the molecule is O=C(c1cc(Br)ccc1Cl)N(CCCl)C1CCC1. The molecule has 0 heterocycles. The molecule has 5 heteroatoms. The van der Waals surface area contributed by atoms with E-state index in [9.17, 15) is 4.79 Å². The number of benzene rings is 1. The van der Waals surface area contributed by atoms with Gasteiger partial charge in [0, 0.05) is 22.9 Å². The van der Waals surface area contributed by atoms with Crippen LogP contribution >= 0.6 is 39.1 Å². The molecule has 0 atom stereocenters. The van der Waals surface area contributed by atoms with Gasteiger partial charge < -0.3 is 4.90 Å². The number of amides is 1. The van der Waals surface area contributed by atoms with Gasteiger partial charge in [0.05, 0.1) is 10.6 Å². The van der Waals surface area contributed by atoms with Crippen LogP contribution in [0.15, 0.2) is 22.7 Å². The van der Waals surface area contributed by atoms with E-state index in [1.807, 2.05) is 11.0 Å². The van der Waals surface area contributed by atoms with E-state index in [1.54, 1.807) is 12.1 Å². The van der Waals surface area contributed by atoms with Crippen LogP contribution in [-0.2, 0) is 0 Å². The minimum atomic E-state index is -0.0216. The lowest BCUT2D eigenvalue weighted by Gasteiger charge is -2.37. The molecule has 1 aromatic carbocycles. The third-order valence-electron chi connectivity index (χ3n) is 3.26. The highest BCUT2D eigenvalue weighted by Crippen LogP contribution is 2.29. The summed E-state index contributed by atoms with van der Waals surface area (Å²) in [5.41, 5.74) is 0.544. The number of hydrogen-bond donors (Lipinski definition) is 0. The van der Waals surface area contributed by atoms with Gasteiger partial charge in [-0.15, -0.1) is 11.6 Å². The summed E-state index contributed by atoms with van der Waals surface area (Å²) in [6, 6.07) is 5.66. The first-order valence-electron chi connectivity index (χ1n) is 5.95. The Balaban J connectivity index is 2.23. The van der Waals surface area contributed by atoms with Gasteiger partial charge in [-0.2, -0.15) is 0 Å². The average Bonchev–Trinajstić information content (AvgIpc) is 2.28. The Morgan fingerprint density at radius 2 is 2.17 bits per heavy atom. The third kappa shape index (κ3) is 3.01. The number of alkyl halides is 1. The van der Waals surface area contributed by atoms with Gasteiger partial charge in [0.15, 0.2) is 0 Å². The second-order valence-corrected chi connectivity index (χ2v) is 6.10. The summed E-state index contributed by atoms with van der Waals surface area (Å²) in [4.78, 5) is 14.4. The van der Waals surface area contributed by atoms with Gasteiger partial charge >= 0.3 is 0 Å². The summed E-state index contributed by atoms with van der Waals surface area (Å²) in [6.45, 7) is 0.577. The molecule has 0 aromatic heterocycles. The maximum atomic E-state index is 12.5. The number of carbonyl (C=O) groups excluding carboxylic acids is 1. The fraction of sp³-hybridized carbons (Fsp3) is 0.462. The van der Waals surface area contributed by atoms with Crippen molar-refractivity contribution < 1.29 is 4.79 Å². The zero-order chi connectivity index (χ0) is 13.1. The van der Waals surface area contributed by atoms with Gasteiger partial charge in [0.2, 0.25) is 0 Å². The molecule has 1 aromatic rings. The Bertz CT molecular complexity index is 449. The molecular formula is C13H14BrCl2NO. The van der Waals surface area contributed by atoms with Crippen LogP contribution in [0.5, 0.6) is 0 Å². The predicted octanol–water partition coefficient (Wildman–Crippen LogP) is 4.34. The molecule has 1 saturated carbocycles. The van der Waals surface area contributed by atoms with Crippen molar-refractivity contribution in [3.05, 3.63) is 33.3 Å².